The normalized spacial score (nSPS) is 22.3. The molecule has 3 aromatic rings. The number of benzene rings is 2. The summed E-state index contributed by atoms with van der Waals surface area (Å²) in [5, 5.41) is 2.86. The summed E-state index contributed by atoms with van der Waals surface area (Å²) in [7, 11) is -3.63. The molecule has 1 N–H and O–H groups in total. The van der Waals surface area contributed by atoms with Crippen LogP contribution in [0.5, 0.6) is 0 Å². The molecule has 7 rings (SSSR count). The predicted molar refractivity (Wildman–Crippen MR) is 177 cm³/mol. The smallest absolute Gasteiger partial charge is 0.338 e. The Balaban J connectivity index is 1.10. The van der Waals surface area contributed by atoms with E-state index in [4.69, 9.17) is 9.72 Å². The summed E-state index contributed by atoms with van der Waals surface area (Å²) in [5.41, 5.74) is 4.01. The summed E-state index contributed by atoms with van der Waals surface area (Å²) in [6.07, 6.45) is 4.88. The molecule has 2 aromatic carbocycles. The van der Waals surface area contributed by atoms with Crippen LogP contribution in [0.25, 0.3) is 0 Å². The highest BCUT2D eigenvalue weighted by Gasteiger charge is 2.39. The van der Waals surface area contributed by atoms with E-state index in [1.807, 2.05) is 12.3 Å². The summed E-state index contributed by atoms with van der Waals surface area (Å²) in [5.74, 6) is -0.409. The maximum atomic E-state index is 14.0. The number of hydrogen-bond donors (Lipinski definition) is 1. The molecule has 4 aliphatic rings. The van der Waals surface area contributed by atoms with Crippen molar-refractivity contribution >= 4 is 39.3 Å². The number of nitrogens with zero attached hydrogens (tertiary/aromatic N) is 4. The van der Waals surface area contributed by atoms with Gasteiger partial charge < -0.3 is 19.9 Å². The van der Waals surface area contributed by atoms with E-state index < -0.39 is 21.9 Å². The third-order valence-electron chi connectivity index (χ3n) is 9.70. The van der Waals surface area contributed by atoms with Crippen molar-refractivity contribution in [3.63, 3.8) is 0 Å². The average molecular weight is 658 g/mol. The van der Waals surface area contributed by atoms with Crippen LogP contribution < -0.4 is 14.5 Å². The highest BCUT2D eigenvalue weighted by Crippen LogP contribution is 2.41. The van der Waals surface area contributed by atoms with Crippen LogP contribution in [0.1, 0.15) is 68.5 Å². The molecule has 3 aliphatic heterocycles. The molecule has 1 aromatic heterocycles. The number of aromatic nitrogens is 1. The minimum absolute atomic E-state index is 0.00258. The molecule has 0 radical (unpaired) electrons. The Morgan fingerprint density at radius 2 is 1.74 bits per heavy atom. The maximum Gasteiger partial charge on any atom is 0.338 e. The number of carbonyl (C=O) groups is 3. The van der Waals surface area contributed by atoms with Gasteiger partial charge >= 0.3 is 5.97 Å². The Hall–Kier alpha value is -4.45. The van der Waals surface area contributed by atoms with Crippen LogP contribution in [-0.4, -0.2) is 87.7 Å². The van der Waals surface area contributed by atoms with Crippen molar-refractivity contribution in [2.45, 2.75) is 38.0 Å². The van der Waals surface area contributed by atoms with Gasteiger partial charge in [-0.15, -0.1) is 0 Å². The van der Waals surface area contributed by atoms with Gasteiger partial charge in [-0.05, 0) is 73.1 Å². The number of rotatable bonds is 8. The van der Waals surface area contributed by atoms with Crippen molar-refractivity contribution in [3.8, 4) is 0 Å². The summed E-state index contributed by atoms with van der Waals surface area (Å²) in [6.45, 7) is 4.83. The first-order chi connectivity index (χ1) is 22.7. The summed E-state index contributed by atoms with van der Waals surface area (Å²) >= 11 is 0. The molecule has 1 saturated carbocycles. The van der Waals surface area contributed by atoms with E-state index in [1.165, 1.54) is 22.7 Å². The fourth-order valence-corrected chi connectivity index (χ4v) is 8.56. The third-order valence-corrected chi connectivity index (χ3v) is 11.6. The Labute approximate surface area is 274 Å². The standard InChI is InChI=1S/C35H39N5O6S/c1-23-18-27(24-8-9-24)20-36-32(23)38-13-15-39(16-14-38)34(42)29-11-10-26(19-30(29)40-12-5-17-47(40,44)45)31-28(21-37-33(31)41)22-46-35(43)25-6-3-2-4-7-25/h2-4,6-7,10-11,18-20,24,28,31H,5,8-9,12-17,21-22H2,1H3,(H,37,41)/t28?,31-/m0/s1. The summed E-state index contributed by atoms with van der Waals surface area (Å²) < 4.78 is 33.2. The van der Waals surface area contributed by atoms with Crippen LogP contribution in [-0.2, 0) is 19.6 Å². The number of amides is 2. The largest absolute Gasteiger partial charge is 0.462 e. The molecular weight excluding hydrogens is 618 g/mol. The molecule has 1 unspecified atom stereocenters. The van der Waals surface area contributed by atoms with Gasteiger partial charge in [0.05, 0.1) is 35.1 Å². The van der Waals surface area contributed by atoms with Gasteiger partial charge in [-0.2, -0.15) is 0 Å². The lowest BCUT2D eigenvalue weighted by atomic mass is 9.87. The lowest BCUT2D eigenvalue weighted by Gasteiger charge is -2.36. The van der Waals surface area contributed by atoms with Crippen LogP contribution in [0.4, 0.5) is 11.5 Å². The molecule has 2 amide bonds. The van der Waals surface area contributed by atoms with Gasteiger partial charge in [0.1, 0.15) is 5.82 Å². The molecule has 2 atom stereocenters. The number of aryl methyl sites for hydroxylation is 1. The second-order valence-corrected chi connectivity index (χ2v) is 14.9. The monoisotopic (exact) mass is 657 g/mol. The van der Waals surface area contributed by atoms with E-state index in [0.717, 1.165) is 11.4 Å². The number of carbonyl (C=O) groups excluding carboxylic acids is 3. The Morgan fingerprint density at radius 3 is 2.43 bits per heavy atom. The topological polar surface area (TPSA) is 129 Å². The minimum Gasteiger partial charge on any atom is -0.462 e. The Bertz CT molecular complexity index is 1800. The van der Waals surface area contributed by atoms with E-state index in [-0.39, 0.29) is 36.6 Å². The van der Waals surface area contributed by atoms with Gasteiger partial charge in [0.25, 0.3) is 5.91 Å². The molecule has 11 nitrogen and oxygen atoms in total. The van der Waals surface area contributed by atoms with E-state index in [2.05, 4.69) is 23.2 Å². The first-order valence-electron chi connectivity index (χ1n) is 16.3. The molecular formula is C35H39N5O6S. The molecule has 12 heteroatoms. The van der Waals surface area contributed by atoms with Crippen molar-refractivity contribution in [1.29, 1.82) is 0 Å². The van der Waals surface area contributed by atoms with Crippen LogP contribution >= 0.6 is 0 Å². The number of nitrogens with one attached hydrogen (secondary N) is 1. The first-order valence-corrected chi connectivity index (χ1v) is 18.0. The third kappa shape index (κ3) is 6.30. The van der Waals surface area contributed by atoms with Crippen LogP contribution in [0.2, 0.25) is 0 Å². The molecule has 0 spiro atoms. The zero-order chi connectivity index (χ0) is 32.7. The van der Waals surface area contributed by atoms with E-state index in [9.17, 15) is 22.8 Å². The molecule has 4 heterocycles. The van der Waals surface area contributed by atoms with Crippen molar-refractivity contribution in [3.05, 3.63) is 88.6 Å². The average Bonchev–Trinajstić information content (AvgIpc) is 3.78. The van der Waals surface area contributed by atoms with E-state index in [1.54, 1.807) is 47.4 Å². The zero-order valence-electron chi connectivity index (χ0n) is 26.4. The number of piperazine rings is 1. The molecule has 1 aliphatic carbocycles. The quantitative estimate of drug-likeness (QED) is 0.365. The van der Waals surface area contributed by atoms with Gasteiger partial charge in [-0.25, -0.2) is 18.2 Å². The number of ether oxygens (including phenoxy) is 1. The lowest BCUT2D eigenvalue weighted by Crippen LogP contribution is -2.49. The highest BCUT2D eigenvalue weighted by molar-refractivity contribution is 7.93. The second-order valence-electron chi connectivity index (χ2n) is 12.9. The lowest BCUT2D eigenvalue weighted by molar-refractivity contribution is -0.120. The minimum atomic E-state index is -3.63. The SMILES string of the molecule is Cc1cc(C2CC2)cnc1N1CCN(C(=O)c2ccc([C@@H]3C(=O)NCC3COC(=O)c3ccccc3)cc2N2CCCS2(=O)=O)CC1. The fourth-order valence-electron chi connectivity index (χ4n) is 6.98. The first kappa shape index (κ1) is 31.2. The summed E-state index contributed by atoms with van der Waals surface area (Å²) in [6, 6.07) is 15.9. The molecule has 4 fully saturated rings. The van der Waals surface area contributed by atoms with Crippen LogP contribution in [0, 0.1) is 12.8 Å². The molecule has 0 bridgehead atoms. The second kappa shape index (κ2) is 12.6. The number of anilines is 2. The summed E-state index contributed by atoms with van der Waals surface area (Å²) in [4.78, 5) is 48.4. The Kier molecular flexibility index (Phi) is 8.37. The van der Waals surface area contributed by atoms with Crippen molar-refractivity contribution in [2.24, 2.45) is 5.92 Å². The van der Waals surface area contributed by atoms with Crippen LogP contribution in [0.3, 0.4) is 0 Å². The van der Waals surface area contributed by atoms with Crippen LogP contribution in [0.15, 0.2) is 60.8 Å². The maximum absolute atomic E-state index is 14.0. The predicted octanol–water partition coefficient (Wildman–Crippen LogP) is 3.46. The fraction of sp³-hybridized carbons (Fsp3) is 0.429. The van der Waals surface area contributed by atoms with Gasteiger partial charge in [0.15, 0.2) is 0 Å². The van der Waals surface area contributed by atoms with Gasteiger partial charge in [-0.3, -0.25) is 13.9 Å². The zero-order valence-corrected chi connectivity index (χ0v) is 27.2. The highest BCUT2D eigenvalue weighted by atomic mass is 32.2. The van der Waals surface area contributed by atoms with Crippen molar-refractivity contribution in [1.82, 2.24) is 15.2 Å². The van der Waals surface area contributed by atoms with Crippen molar-refractivity contribution < 1.29 is 27.5 Å². The van der Waals surface area contributed by atoms with Gasteiger partial charge in [0.2, 0.25) is 15.9 Å². The van der Waals surface area contributed by atoms with E-state index >= 15 is 0 Å². The molecule has 246 valence electrons. The van der Waals surface area contributed by atoms with Gasteiger partial charge in [-0.1, -0.05) is 30.3 Å². The van der Waals surface area contributed by atoms with E-state index in [0.29, 0.717) is 67.4 Å². The molecule has 47 heavy (non-hydrogen) atoms. The number of pyridine rings is 1. The van der Waals surface area contributed by atoms with Gasteiger partial charge in [0, 0.05) is 51.4 Å². The molecule has 3 saturated heterocycles. The van der Waals surface area contributed by atoms with Crippen molar-refractivity contribution in [2.75, 3.05) is 60.8 Å². The number of esters is 1. The number of sulfonamides is 1. The Morgan fingerprint density at radius 1 is 0.979 bits per heavy atom. The number of hydrogen-bond acceptors (Lipinski definition) is 8.